The van der Waals surface area contributed by atoms with E-state index in [0.717, 1.165) is 18.6 Å². The highest BCUT2D eigenvalue weighted by atomic mass is 16.5. The van der Waals surface area contributed by atoms with Crippen LogP contribution in [-0.4, -0.2) is 5.60 Å². The largest absolute Gasteiger partial charge is 0.488 e. The summed E-state index contributed by atoms with van der Waals surface area (Å²) in [6, 6.07) is 8.51. The fraction of sp³-hybridized carbons (Fsp3) is 0.625. The molecule has 0 fully saturated rings. The lowest BCUT2D eigenvalue weighted by Crippen LogP contribution is -2.26. The highest BCUT2D eigenvalue weighted by Crippen LogP contribution is 2.24. The summed E-state index contributed by atoms with van der Waals surface area (Å²) in [5, 5.41) is 0. The molecule has 0 N–H and O–H groups in total. The predicted octanol–water partition coefficient (Wildman–Crippen LogP) is 4.84. The van der Waals surface area contributed by atoms with Crippen molar-refractivity contribution in [3.05, 3.63) is 29.8 Å². The monoisotopic (exact) mass is 234 g/mol. The van der Waals surface area contributed by atoms with E-state index in [2.05, 4.69) is 65.8 Å². The van der Waals surface area contributed by atoms with Crippen LogP contribution in [0.4, 0.5) is 0 Å². The third kappa shape index (κ3) is 5.25. The second-order valence-electron chi connectivity index (χ2n) is 6.60. The average molecular weight is 234 g/mol. The quantitative estimate of drug-likeness (QED) is 0.724. The fourth-order valence-electron chi connectivity index (χ4n) is 1.68. The van der Waals surface area contributed by atoms with Crippen molar-refractivity contribution in [1.29, 1.82) is 0 Å². The minimum Gasteiger partial charge on any atom is -0.488 e. The molecule has 0 saturated heterocycles. The summed E-state index contributed by atoms with van der Waals surface area (Å²) in [6.07, 6.45) is 2.11. The van der Waals surface area contributed by atoms with Crippen LogP contribution in [0.3, 0.4) is 0 Å². The van der Waals surface area contributed by atoms with Crippen molar-refractivity contribution in [2.24, 2.45) is 5.41 Å². The van der Waals surface area contributed by atoms with Crippen molar-refractivity contribution in [2.75, 3.05) is 0 Å². The smallest absolute Gasteiger partial charge is 0.120 e. The van der Waals surface area contributed by atoms with Gasteiger partial charge in [-0.3, -0.25) is 0 Å². The van der Waals surface area contributed by atoms with Crippen LogP contribution in [-0.2, 0) is 6.42 Å². The van der Waals surface area contributed by atoms with E-state index in [1.54, 1.807) is 0 Å². The molecular formula is C16H26O. The number of hydrogen-bond acceptors (Lipinski definition) is 1. The molecule has 1 aromatic rings. The first-order chi connectivity index (χ1) is 7.72. The minimum absolute atomic E-state index is 0.0778. The molecule has 0 amide bonds. The summed E-state index contributed by atoms with van der Waals surface area (Å²) in [5.41, 5.74) is 1.63. The normalized spacial score (nSPS) is 12.6. The maximum absolute atomic E-state index is 5.94. The third-order valence-electron chi connectivity index (χ3n) is 2.90. The first-order valence-corrected chi connectivity index (χ1v) is 6.50. The Hall–Kier alpha value is -0.980. The zero-order valence-electron chi connectivity index (χ0n) is 12.1. The molecule has 0 atom stereocenters. The Kier molecular flexibility index (Phi) is 4.24. The molecule has 0 heterocycles. The number of hydrogen-bond donors (Lipinski definition) is 0. The lowest BCUT2D eigenvalue weighted by atomic mass is 9.88. The van der Waals surface area contributed by atoms with Crippen molar-refractivity contribution in [1.82, 2.24) is 0 Å². The van der Waals surface area contributed by atoms with E-state index in [0.29, 0.717) is 5.41 Å². The van der Waals surface area contributed by atoms with Crippen molar-refractivity contribution >= 4 is 0 Å². The van der Waals surface area contributed by atoms with Crippen molar-refractivity contribution in [3.63, 3.8) is 0 Å². The van der Waals surface area contributed by atoms with Gasteiger partial charge in [0.25, 0.3) is 0 Å². The molecule has 0 bridgehead atoms. The van der Waals surface area contributed by atoms with Crippen molar-refractivity contribution < 1.29 is 4.74 Å². The molecular weight excluding hydrogens is 208 g/mol. The van der Waals surface area contributed by atoms with Gasteiger partial charge in [0.15, 0.2) is 0 Å². The van der Waals surface area contributed by atoms with E-state index in [9.17, 15) is 0 Å². The Labute approximate surface area is 106 Å². The molecule has 17 heavy (non-hydrogen) atoms. The van der Waals surface area contributed by atoms with E-state index in [-0.39, 0.29) is 5.60 Å². The van der Waals surface area contributed by atoms with E-state index in [4.69, 9.17) is 4.74 Å². The molecule has 1 nitrogen and oxygen atoms in total. The lowest BCUT2D eigenvalue weighted by molar-refractivity contribution is 0.105. The molecule has 0 spiro atoms. The molecule has 1 heteroatoms. The van der Waals surface area contributed by atoms with E-state index in [1.165, 1.54) is 5.56 Å². The summed E-state index contributed by atoms with van der Waals surface area (Å²) in [4.78, 5) is 0. The van der Waals surface area contributed by atoms with Crippen LogP contribution in [0.2, 0.25) is 0 Å². The summed E-state index contributed by atoms with van der Waals surface area (Å²) in [7, 11) is 0. The molecule has 0 radical (unpaired) electrons. The van der Waals surface area contributed by atoms with Crippen LogP contribution in [0, 0.1) is 5.41 Å². The zero-order chi connectivity index (χ0) is 13.1. The molecule has 96 valence electrons. The summed E-state index contributed by atoms with van der Waals surface area (Å²) >= 11 is 0. The van der Waals surface area contributed by atoms with E-state index in [1.807, 2.05) is 0 Å². The van der Waals surface area contributed by atoms with Crippen LogP contribution in [0.5, 0.6) is 5.75 Å². The standard InChI is InChI=1S/C16H26O/c1-7-16(5,6)17-14-10-8-13(9-11-14)12-15(2,3)4/h8-11H,7,12H2,1-6H3. The Balaban J connectivity index is 2.69. The molecule has 0 saturated carbocycles. The van der Waals surface area contributed by atoms with Gasteiger partial charge in [-0.2, -0.15) is 0 Å². The van der Waals surface area contributed by atoms with Gasteiger partial charge >= 0.3 is 0 Å². The highest BCUT2D eigenvalue weighted by molar-refractivity contribution is 5.28. The molecule has 0 aliphatic rings. The van der Waals surface area contributed by atoms with Gasteiger partial charge in [0, 0.05) is 0 Å². The lowest BCUT2D eigenvalue weighted by Gasteiger charge is -2.25. The number of benzene rings is 1. The van der Waals surface area contributed by atoms with Crippen LogP contribution in [0.1, 0.15) is 53.5 Å². The van der Waals surface area contributed by atoms with Crippen LogP contribution < -0.4 is 4.74 Å². The SMILES string of the molecule is CCC(C)(C)Oc1ccc(CC(C)(C)C)cc1. The van der Waals surface area contributed by atoms with Gasteiger partial charge in [-0.25, -0.2) is 0 Å². The molecule has 0 aliphatic carbocycles. The van der Waals surface area contributed by atoms with E-state index >= 15 is 0 Å². The maximum atomic E-state index is 5.94. The van der Waals surface area contributed by atoms with Gasteiger partial charge in [-0.1, -0.05) is 39.8 Å². The van der Waals surface area contributed by atoms with Crippen LogP contribution in [0.15, 0.2) is 24.3 Å². The molecule has 0 aromatic heterocycles. The van der Waals surface area contributed by atoms with Crippen molar-refractivity contribution in [2.45, 2.75) is 60.0 Å². The molecule has 1 rings (SSSR count). The minimum atomic E-state index is -0.0778. The second-order valence-corrected chi connectivity index (χ2v) is 6.60. The zero-order valence-corrected chi connectivity index (χ0v) is 12.1. The number of ether oxygens (including phenoxy) is 1. The van der Waals surface area contributed by atoms with E-state index < -0.39 is 0 Å². The molecule has 0 aliphatic heterocycles. The first kappa shape index (κ1) is 14.1. The Morgan fingerprint density at radius 3 is 1.88 bits per heavy atom. The fourth-order valence-corrected chi connectivity index (χ4v) is 1.68. The first-order valence-electron chi connectivity index (χ1n) is 6.50. The van der Waals surface area contributed by atoms with Gasteiger partial charge < -0.3 is 4.74 Å². The van der Waals surface area contributed by atoms with Gasteiger partial charge in [-0.15, -0.1) is 0 Å². The van der Waals surface area contributed by atoms with Gasteiger partial charge in [-0.05, 0) is 49.8 Å². The van der Waals surface area contributed by atoms with Gasteiger partial charge in [0.05, 0.1) is 0 Å². The summed E-state index contributed by atoms with van der Waals surface area (Å²) < 4.78 is 5.94. The molecule has 1 aromatic carbocycles. The highest BCUT2D eigenvalue weighted by Gasteiger charge is 2.17. The topological polar surface area (TPSA) is 9.23 Å². The Morgan fingerprint density at radius 1 is 0.941 bits per heavy atom. The second kappa shape index (κ2) is 5.12. The van der Waals surface area contributed by atoms with Gasteiger partial charge in [0.2, 0.25) is 0 Å². The predicted molar refractivity (Wildman–Crippen MR) is 74.6 cm³/mol. The number of rotatable bonds is 4. The maximum Gasteiger partial charge on any atom is 0.120 e. The van der Waals surface area contributed by atoms with Gasteiger partial charge in [0.1, 0.15) is 11.4 Å². The average Bonchev–Trinajstić information content (AvgIpc) is 2.19. The molecule has 0 unspecified atom stereocenters. The van der Waals surface area contributed by atoms with Crippen LogP contribution in [0.25, 0.3) is 0 Å². The van der Waals surface area contributed by atoms with Crippen molar-refractivity contribution in [3.8, 4) is 5.75 Å². The summed E-state index contributed by atoms with van der Waals surface area (Å²) in [5.74, 6) is 0.967. The third-order valence-corrected chi connectivity index (χ3v) is 2.90. The Bertz CT molecular complexity index is 341. The van der Waals surface area contributed by atoms with Crippen LogP contribution >= 0.6 is 0 Å². The summed E-state index contributed by atoms with van der Waals surface area (Å²) in [6.45, 7) is 13.2. The Morgan fingerprint density at radius 2 is 1.47 bits per heavy atom.